The van der Waals surface area contributed by atoms with Gasteiger partial charge in [0.15, 0.2) is 0 Å². The monoisotopic (exact) mass is 342 g/mol. The second-order valence-electron chi connectivity index (χ2n) is 5.62. The number of nitrogens with one attached hydrogen (secondary N) is 1. The fraction of sp³-hybridized carbons (Fsp3) is 0.294. The van der Waals surface area contributed by atoms with Gasteiger partial charge in [-0.25, -0.2) is 9.97 Å². The number of hydrogen-bond donors (Lipinski definition) is 1. The molecule has 7 heteroatoms. The van der Waals surface area contributed by atoms with E-state index in [4.69, 9.17) is 0 Å². The highest BCUT2D eigenvalue weighted by atomic mass is 32.1. The maximum absolute atomic E-state index is 12.5. The number of hydrogen-bond acceptors (Lipinski definition) is 5. The van der Waals surface area contributed by atoms with Crippen LogP contribution >= 0.6 is 11.3 Å². The molecule has 1 aromatic carbocycles. The molecule has 0 saturated carbocycles. The van der Waals surface area contributed by atoms with E-state index >= 15 is 0 Å². The summed E-state index contributed by atoms with van der Waals surface area (Å²) in [5.74, 6) is -0.112. The number of para-hydroxylation sites is 1. The molecule has 3 aromatic rings. The minimum Gasteiger partial charge on any atom is -0.350 e. The number of amides is 1. The third-order valence-electron chi connectivity index (χ3n) is 3.74. The first-order chi connectivity index (χ1) is 11.5. The average molecular weight is 342 g/mol. The maximum Gasteiger partial charge on any atom is 0.261 e. The predicted molar refractivity (Wildman–Crippen MR) is 94.1 cm³/mol. The number of aryl methyl sites for hydroxylation is 3. The molecule has 0 aliphatic heterocycles. The minimum atomic E-state index is -0.118. The van der Waals surface area contributed by atoms with Crippen LogP contribution in [0.1, 0.15) is 22.7 Å². The van der Waals surface area contributed by atoms with Crippen LogP contribution in [0, 0.1) is 13.8 Å². The van der Waals surface area contributed by atoms with E-state index in [0.29, 0.717) is 24.0 Å². The molecule has 2 aromatic heterocycles. The Bertz CT molecular complexity index is 945. The molecule has 1 amide bonds. The third-order valence-corrected chi connectivity index (χ3v) is 4.71. The summed E-state index contributed by atoms with van der Waals surface area (Å²) >= 11 is 1.52. The van der Waals surface area contributed by atoms with Crippen LogP contribution in [0.3, 0.4) is 0 Å². The molecular weight excluding hydrogens is 324 g/mol. The largest absolute Gasteiger partial charge is 0.350 e. The molecule has 0 aliphatic rings. The molecule has 0 saturated heterocycles. The van der Waals surface area contributed by atoms with Crippen LogP contribution in [0.2, 0.25) is 0 Å². The Hall–Kier alpha value is -2.54. The van der Waals surface area contributed by atoms with Crippen molar-refractivity contribution >= 4 is 28.1 Å². The van der Waals surface area contributed by atoms with E-state index < -0.39 is 0 Å². The molecule has 0 spiro atoms. The van der Waals surface area contributed by atoms with Crippen molar-refractivity contribution in [3.05, 3.63) is 56.5 Å². The number of rotatable bonds is 5. The van der Waals surface area contributed by atoms with Crippen LogP contribution in [0.5, 0.6) is 0 Å². The van der Waals surface area contributed by atoms with Gasteiger partial charge in [-0.2, -0.15) is 0 Å². The van der Waals surface area contributed by atoms with E-state index in [9.17, 15) is 9.59 Å². The van der Waals surface area contributed by atoms with Gasteiger partial charge in [0.2, 0.25) is 5.91 Å². The predicted octanol–water partition coefficient (Wildman–Crippen LogP) is 2.18. The van der Waals surface area contributed by atoms with Crippen LogP contribution < -0.4 is 10.9 Å². The number of carbonyl (C=O) groups excluding carboxylic acids is 1. The summed E-state index contributed by atoms with van der Waals surface area (Å²) in [5, 5.41) is 6.23. The Morgan fingerprint density at radius 1 is 1.33 bits per heavy atom. The summed E-state index contributed by atoms with van der Waals surface area (Å²) in [6.45, 7) is 4.56. The Morgan fingerprint density at radius 3 is 2.92 bits per heavy atom. The van der Waals surface area contributed by atoms with Crippen molar-refractivity contribution in [2.45, 2.75) is 33.4 Å². The normalized spacial score (nSPS) is 10.9. The molecule has 0 bridgehead atoms. The summed E-state index contributed by atoms with van der Waals surface area (Å²) in [6.07, 6.45) is 1.73. The SMILES string of the molecule is Cc1csc(CNC(=O)CCn2cnc3c(C)cccc3c2=O)n1. The number of thiazole rings is 1. The summed E-state index contributed by atoms with van der Waals surface area (Å²) in [6, 6.07) is 5.53. The first-order valence-corrected chi connectivity index (χ1v) is 8.55. The van der Waals surface area contributed by atoms with Gasteiger partial charge in [-0.05, 0) is 25.5 Å². The summed E-state index contributed by atoms with van der Waals surface area (Å²) in [5.41, 5.74) is 2.51. The summed E-state index contributed by atoms with van der Waals surface area (Å²) < 4.78 is 1.48. The molecule has 24 heavy (non-hydrogen) atoms. The molecule has 6 nitrogen and oxygen atoms in total. The van der Waals surface area contributed by atoms with Gasteiger partial charge in [0.1, 0.15) is 5.01 Å². The first kappa shape index (κ1) is 16.3. The van der Waals surface area contributed by atoms with Crippen LogP contribution in [0.15, 0.2) is 34.7 Å². The van der Waals surface area contributed by atoms with E-state index in [1.54, 1.807) is 6.07 Å². The minimum absolute atomic E-state index is 0.112. The van der Waals surface area contributed by atoms with Gasteiger partial charge >= 0.3 is 0 Å². The Labute approximate surface area is 143 Å². The van der Waals surface area contributed by atoms with Gasteiger partial charge in [-0.3, -0.25) is 14.2 Å². The zero-order valence-corrected chi connectivity index (χ0v) is 14.4. The topological polar surface area (TPSA) is 76.9 Å². The number of fused-ring (bicyclic) bond motifs is 1. The van der Waals surface area contributed by atoms with E-state index in [1.807, 2.05) is 31.4 Å². The second-order valence-corrected chi connectivity index (χ2v) is 6.57. The Balaban J connectivity index is 1.64. The van der Waals surface area contributed by atoms with Gasteiger partial charge in [-0.15, -0.1) is 11.3 Å². The highest BCUT2D eigenvalue weighted by Crippen LogP contribution is 2.11. The third kappa shape index (κ3) is 3.51. The first-order valence-electron chi connectivity index (χ1n) is 7.67. The molecule has 0 aliphatic carbocycles. The lowest BCUT2D eigenvalue weighted by Gasteiger charge is -2.08. The van der Waals surface area contributed by atoms with Crippen LogP contribution in [-0.4, -0.2) is 20.4 Å². The van der Waals surface area contributed by atoms with Crippen molar-refractivity contribution in [2.75, 3.05) is 0 Å². The Kier molecular flexibility index (Phi) is 4.71. The smallest absolute Gasteiger partial charge is 0.261 e. The highest BCUT2D eigenvalue weighted by molar-refractivity contribution is 7.09. The molecule has 0 radical (unpaired) electrons. The molecule has 0 atom stereocenters. The number of aromatic nitrogens is 3. The molecule has 3 rings (SSSR count). The molecule has 2 heterocycles. The molecule has 0 fully saturated rings. The second kappa shape index (κ2) is 6.92. The summed E-state index contributed by atoms with van der Waals surface area (Å²) in [4.78, 5) is 33.0. The summed E-state index contributed by atoms with van der Waals surface area (Å²) in [7, 11) is 0. The standard InChI is InChI=1S/C17H18N4O2S/c1-11-4-3-5-13-16(11)19-10-21(17(13)23)7-6-14(22)18-8-15-20-12(2)9-24-15/h3-5,9-10H,6-8H2,1-2H3,(H,18,22). The van der Waals surface area contributed by atoms with Crippen LogP contribution in [0.4, 0.5) is 0 Å². The average Bonchev–Trinajstić information content (AvgIpc) is 2.98. The highest BCUT2D eigenvalue weighted by Gasteiger charge is 2.08. The van der Waals surface area contributed by atoms with Crippen molar-refractivity contribution in [1.29, 1.82) is 0 Å². The van der Waals surface area contributed by atoms with Gasteiger partial charge < -0.3 is 5.32 Å². The van der Waals surface area contributed by atoms with Crippen LogP contribution in [0.25, 0.3) is 10.9 Å². The van der Waals surface area contributed by atoms with E-state index in [0.717, 1.165) is 16.3 Å². The van der Waals surface area contributed by atoms with Crippen molar-refractivity contribution in [3.63, 3.8) is 0 Å². The van der Waals surface area contributed by atoms with Crippen LogP contribution in [-0.2, 0) is 17.9 Å². The lowest BCUT2D eigenvalue weighted by atomic mass is 10.1. The van der Waals surface area contributed by atoms with Gasteiger partial charge in [0.25, 0.3) is 5.56 Å². The Morgan fingerprint density at radius 2 is 2.17 bits per heavy atom. The molecule has 0 unspecified atom stereocenters. The van der Waals surface area contributed by atoms with Gasteiger partial charge in [0, 0.05) is 24.0 Å². The fourth-order valence-corrected chi connectivity index (χ4v) is 3.18. The van der Waals surface area contributed by atoms with Crippen molar-refractivity contribution in [1.82, 2.24) is 19.9 Å². The number of carbonyl (C=O) groups is 1. The van der Waals surface area contributed by atoms with E-state index in [1.165, 1.54) is 22.2 Å². The molecule has 1 N–H and O–H groups in total. The van der Waals surface area contributed by atoms with Gasteiger partial charge in [0.05, 0.1) is 23.8 Å². The number of benzene rings is 1. The van der Waals surface area contributed by atoms with Gasteiger partial charge in [-0.1, -0.05) is 12.1 Å². The van der Waals surface area contributed by atoms with Crippen molar-refractivity contribution < 1.29 is 4.79 Å². The lowest BCUT2D eigenvalue weighted by Crippen LogP contribution is -2.27. The van der Waals surface area contributed by atoms with Crippen molar-refractivity contribution in [2.24, 2.45) is 0 Å². The zero-order valence-electron chi connectivity index (χ0n) is 13.6. The lowest BCUT2D eigenvalue weighted by molar-refractivity contribution is -0.121. The maximum atomic E-state index is 12.5. The number of nitrogens with zero attached hydrogens (tertiary/aromatic N) is 3. The van der Waals surface area contributed by atoms with Crippen molar-refractivity contribution in [3.8, 4) is 0 Å². The molecular formula is C17H18N4O2S. The fourth-order valence-electron chi connectivity index (χ4n) is 2.47. The molecule has 124 valence electrons. The van der Waals surface area contributed by atoms with E-state index in [-0.39, 0.29) is 17.9 Å². The van der Waals surface area contributed by atoms with E-state index in [2.05, 4.69) is 15.3 Å². The zero-order chi connectivity index (χ0) is 17.1. The quantitative estimate of drug-likeness (QED) is 0.771.